The Labute approximate surface area is 153 Å². The molecular formula is C21H24N2OS. The maximum absolute atomic E-state index is 12.4. The van der Waals surface area contributed by atoms with E-state index in [4.69, 9.17) is 0 Å². The molecule has 2 aromatic rings. The molecule has 2 N–H and O–H groups in total. The monoisotopic (exact) mass is 352 g/mol. The quantitative estimate of drug-likeness (QED) is 0.580. The smallest absolute Gasteiger partial charge is 0.251 e. The van der Waals surface area contributed by atoms with Crippen molar-refractivity contribution in [1.29, 1.82) is 0 Å². The van der Waals surface area contributed by atoms with Gasteiger partial charge in [-0.25, -0.2) is 0 Å². The third-order valence-corrected chi connectivity index (χ3v) is 6.25. The van der Waals surface area contributed by atoms with Crippen LogP contribution in [0.15, 0.2) is 47.9 Å². The van der Waals surface area contributed by atoms with Crippen molar-refractivity contribution in [3.63, 3.8) is 0 Å². The second-order valence-electron chi connectivity index (χ2n) is 6.90. The molecule has 0 bridgehead atoms. The van der Waals surface area contributed by atoms with Crippen LogP contribution in [0, 0.1) is 5.92 Å². The lowest BCUT2D eigenvalue weighted by Gasteiger charge is -2.37. The minimum absolute atomic E-state index is 0.0372. The van der Waals surface area contributed by atoms with Gasteiger partial charge in [0.05, 0.1) is 6.04 Å². The van der Waals surface area contributed by atoms with Gasteiger partial charge >= 0.3 is 0 Å². The fourth-order valence-corrected chi connectivity index (χ4v) is 4.82. The van der Waals surface area contributed by atoms with Crippen LogP contribution >= 0.6 is 11.3 Å². The zero-order valence-corrected chi connectivity index (χ0v) is 15.3. The van der Waals surface area contributed by atoms with Gasteiger partial charge in [0.15, 0.2) is 0 Å². The fraction of sp³-hybridized carbons (Fsp3) is 0.381. The molecular weight excluding hydrogens is 328 g/mol. The molecule has 4 rings (SSSR count). The second kappa shape index (κ2) is 7.04. The van der Waals surface area contributed by atoms with Gasteiger partial charge in [-0.2, -0.15) is 0 Å². The Balaban J connectivity index is 1.61. The number of unbranched alkanes of at least 4 members (excludes halogenated alkanes) is 1. The molecule has 1 aromatic carbocycles. The first-order valence-electron chi connectivity index (χ1n) is 9.16. The highest BCUT2D eigenvalue weighted by molar-refractivity contribution is 7.10. The molecule has 4 heteroatoms. The molecule has 0 saturated heterocycles. The number of carbonyl (C=O) groups is 1. The average molecular weight is 353 g/mol. The minimum atomic E-state index is 0.0372. The summed E-state index contributed by atoms with van der Waals surface area (Å²) >= 11 is 1.82. The van der Waals surface area contributed by atoms with E-state index >= 15 is 0 Å². The molecule has 0 radical (unpaired) electrons. The SMILES string of the molecule is CCCCNC(=O)c1ccc2c(c1)C1C=CCC1C(c1cccs1)N2. The molecule has 0 spiro atoms. The first kappa shape index (κ1) is 16.4. The lowest BCUT2D eigenvalue weighted by molar-refractivity contribution is 0.0953. The third kappa shape index (κ3) is 3.11. The first-order valence-corrected chi connectivity index (χ1v) is 10.0. The lowest BCUT2D eigenvalue weighted by atomic mass is 9.78. The number of anilines is 1. The lowest BCUT2D eigenvalue weighted by Crippen LogP contribution is -2.29. The van der Waals surface area contributed by atoms with Crippen LogP contribution < -0.4 is 10.6 Å². The number of nitrogens with one attached hydrogen (secondary N) is 2. The van der Waals surface area contributed by atoms with Crippen LogP contribution in [-0.4, -0.2) is 12.5 Å². The molecule has 1 aromatic heterocycles. The van der Waals surface area contributed by atoms with E-state index in [9.17, 15) is 4.79 Å². The van der Waals surface area contributed by atoms with E-state index in [1.807, 2.05) is 17.4 Å². The van der Waals surface area contributed by atoms with Crippen LogP contribution in [0.4, 0.5) is 5.69 Å². The van der Waals surface area contributed by atoms with Crippen LogP contribution in [0.25, 0.3) is 0 Å². The molecule has 1 aliphatic carbocycles. The van der Waals surface area contributed by atoms with Gasteiger partial charge in [0.25, 0.3) is 5.91 Å². The van der Waals surface area contributed by atoms with Gasteiger partial charge in [-0.3, -0.25) is 4.79 Å². The molecule has 3 atom stereocenters. The highest BCUT2D eigenvalue weighted by Gasteiger charge is 2.38. The summed E-state index contributed by atoms with van der Waals surface area (Å²) in [5.74, 6) is 0.964. The Morgan fingerprint density at radius 2 is 2.28 bits per heavy atom. The molecule has 0 saturated carbocycles. The van der Waals surface area contributed by atoms with E-state index in [2.05, 4.69) is 59.4 Å². The molecule has 1 amide bonds. The number of fused-ring (bicyclic) bond motifs is 3. The summed E-state index contributed by atoms with van der Waals surface area (Å²) in [5, 5.41) is 8.90. The molecule has 25 heavy (non-hydrogen) atoms. The Morgan fingerprint density at radius 3 is 3.08 bits per heavy atom. The second-order valence-corrected chi connectivity index (χ2v) is 7.88. The van der Waals surface area contributed by atoms with Crippen molar-refractivity contribution in [2.45, 2.75) is 38.1 Å². The average Bonchev–Trinajstić information content (AvgIpc) is 3.32. The maximum Gasteiger partial charge on any atom is 0.251 e. The Hall–Kier alpha value is -2.07. The predicted molar refractivity (Wildman–Crippen MR) is 104 cm³/mol. The zero-order chi connectivity index (χ0) is 17.2. The zero-order valence-electron chi connectivity index (χ0n) is 14.5. The number of hydrogen-bond donors (Lipinski definition) is 2. The molecule has 3 nitrogen and oxygen atoms in total. The van der Waals surface area contributed by atoms with Crippen LogP contribution in [0.1, 0.15) is 58.9 Å². The number of carbonyl (C=O) groups excluding carboxylic acids is 1. The van der Waals surface area contributed by atoms with Gasteiger partial charge in [-0.05, 0) is 54.0 Å². The van der Waals surface area contributed by atoms with Crippen molar-refractivity contribution >= 4 is 22.9 Å². The summed E-state index contributed by atoms with van der Waals surface area (Å²) < 4.78 is 0. The van der Waals surface area contributed by atoms with Crippen molar-refractivity contribution < 1.29 is 4.79 Å². The topological polar surface area (TPSA) is 41.1 Å². The Bertz CT molecular complexity index is 781. The summed E-state index contributed by atoms with van der Waals surface area (Å²) in [6.07, 6.45) is 7.82. The Kier molecular flexibility index (Phi) is 4.62. The predicted octanol–water partition coefficient (Wildman–Crippen LogP) is 5.10. The van der Waals surface area contributed by atoms with Crippen molar-refractivity contribution in [2.24, 2.45) is 5.92 Å². The van der Waals surface area contributed by atoms with Crippen molar-refractivity contribution in [2.75, 3.05) is 11.9 Å². The minimum Gasteiger partial charge on any atom is -0.377 e. The fourth-order valence-electron chi connectivity index (χ4n) is 3.97. The summed E-state index contributed by atoms with van der Waals surface area (Å²) in [4.78, 5) is 13.8. The summed E-state index contributed by atoms with van der Waals surface area (Å²) in [6.45, 7) is 2.88. The van der Waals surface area contributed by atoms with E-state index in [1.54, 1.807) is 0 Å². The van der Waals surface area contributed by atoms with Gasteiger partial charge < -0.3 is 10.6 Å². The highest BCUT2D eigenvalue weighted by Crippen LogP contribution is 2.50. The summed E-state index contributed by atoms with van der Waals surface area (Å²) in [6, 6.07) is 10.8. The molecule has 1 aliphatic heterocycles. The number of hydrogen-bond acceptors (Lipinski definition) is 3. The van der Waals surface area contributed by atoms with Crippen LogP contribution in [-0.2, 0) is 0 Å². The van der Waals surface area contributed by atoms with E-state index in [0.29, 0.717) is 17.9 Å². The van der Waals surface area contributed by atoms with E-state index in [0.717, 1.165) is 37.1 Å². The molecule has 3 unspecified atom stereocenters. The standard InChI is InChI=1S/C21H24N2OS/c1-2-3-11-22-21(24)14-9-10-18-17(13-14)15-6-4-7-16(15)20(23-18)19-8-5-12-25-19/h4-6,8-10,12-13,15-16,20,23H,2-3,7,11H2,1H3,(H,22,24). The summed E-state index contributed by atoms with van der Waals surface area (Å²) in [5.41, 5.74) is 3.19. The van der Waals surface area contributed by atoms with Gasteiger partial charge in [-0.1, -0.05) is 31.6 Å². The number of allylic oxidation sites excluding steroid dienone is 2. The van der Waals surface area contributed by atoms with Gasteiger partial charge in [0, 0.05) is 28.6 Å². The van der Waals surface area contributed by atoms with E-state index in [1.165, 1.54) is 10.4 Å². The van der Waals surface area contributed by atoms with Crippen molar-refractivity contribution in [3.05, 3.63) is 63.9 Å². The van der Waals surface area contributed by atoms with Crippen LogP contribution in [0.3, 0.4) is 0 Å². The normalized spacial score (nSPS) is 23.6. The largest absolute Gasteiger partial charge is 0.377 e. The molecule has 0 fully saturated rings. The van der Waals surface area contributed by atoms with Crippen molar-refractivity contribution in [1.82, 2.24) is 5.32 Å². The van der Waals surface area contributed by atoms with Crippen molar-refractivity contribution in [3.8, 4) is 0 Å². The molecule has 2 heterocycles. The molecule has 2 aliphatic rings. The Morgan fingerprint density at radius 1 is 1.36 bits per heavy atom. The summed E-state index contributed by atoms with van der Waals surface area (Å²) in [7, 11) is 0. The number of amides is 1. The number of rotatable bonds is 5. The van der Waals surface area contributed by atoms with Gasteiger partial charge in [-0.15, -0.1) is 11.3 Å². The maximum atomic E-state index is 12.4. The van der Waals surface area contributed by atoms with Crippen LogP contribution in [0.2, 0.25) is 0 Å². The number of benzene rings is 1. The van der Waals surface area contributed by atoms with E-state index < -0.39 is 0 Å². The van der Waals surface area contributed by atoms with E-state index in [-0.39, 0.29) is 5.91 Å². The van der Waals surface area contributed by atoms with Gasteiger partial charge in [0.2, 0.25) is 0 Å². The third-order valence-electron chi connectivity index (χ3n) is 5.29. The first-order chi connectivity index (χ1) is 12.3. The van der Waals surface area contributed by atoms with Crippen LogP contribution in [0.5, 0.6) is 0 Å². The number of thiophene rings is 1. The highest BCUT2D eigenvalue weighted by atomic mass is 32.1. The van der Waals surface area contributed by atoms with Gasteiger partial charge in [0.1, 0.15) is 0 Å². The molecule has 130 valence electrons.